The molecular formula is C18H21FN2O. The molecule has 0 heterocycles. The molecule has 2 N–H and O–H groups in total. The van der Waals surface area contributed by atoms with Crippen molar-refractivity contribution in [1.82, 2.24) is 0 Å². The minimum atomic E-state index is -0.297. The number of rotatable bonds is 4. The van der Waals surface area contributed by atoms with Gasteiger partial charge in [-0.2, -0.15) is 0 Å². The highest BCUT2D eigenvalue weighted by molar-refractivity contribution is 5.93. The second-order valence-corrected chi connectivity index (χ2v) is 6.24. The summed E-state index contributed by atoms with van der Waals surface area (Å²) in [5, 5.41) is 5.78. The molecule has 22 heavy (non-hydrogen) atoms. The molecule has 116 valence electrons. The third-order valence-corrected chi connectivity index (χ3v) is 3.33. The van der Waals surface area contributed by atoms with Crippen molar-refractivity contribution in [2.45, 2.75) is 26.2 Å². The molecule has 0 fully saturated rings. The van der Waals surface area contributed by atoms with Crippen molar-refractivity contribution in [2.24, 2.45) is 0 Å². The monoisotopic (exact) mass is 300 g/mol. The number of hydrogen-bond donors (Lipinski definition) is 2. The molecule has 0 radical (unpaired) electrons. The zero-order valence-electron chi connectivity index (χ0n) is 13.1. The highest BCUT2D eigenvalue weighted by Crippen LogP contribution is 2.23. The number of amides is 1. The Morgan fingerprint density at radius 3 is 2.05 bits per heavy atom. The van der Waals surface area contributed by atoms with E-state index in [0.717, 1.165) is 5.69 Å². The van der Waals surface area contributed by atoms with Crippen molar-refractivity contribution in [3.8, 4) is 0 Å². The van der Waals surface area contributed by atoms with Gasteiger partial charge in [-0.05, 0) is 47.4 Å². The number of nitrogens with one attached hydrogen (secondary N) is 2. The van der Waals surface area contributed by atoms with E-state index in [0.29, 0.717) is 5.69 Å². The first-order valence-electron chi connectivity index (χ1n) is 7.24. The van der Waals surface area contributed by atoms with Gasteiger partial charge < -0.3 is 10.6 Å². The fourth-order valence-corrected chi connectivity index (χ4v) is 2.01. The van der Waals surface area contributed by atoms with Crippen LogP contribution in [-0.2, 0) is 10.2 Å². The van der Waals surface area contributed by atoms with Crippen molar-refractivity contribution in [2.75, 3.05) is 17.2 Å². The number of carbonyl (C=O) groups excluding carboxylic acids is 1. The lowest BCUT2D eigenvalue weighted by atomic mass is 9.87. The van der Waals surface area contributed by atoms with E-state index >= 15 is 0 Å². The van der Waals surface area contributed by atoms with Gasteiger partial charge in [-0.1, -0.05) is 32.9 Å². The summed E-state index contributed by atoms with van der Waals surface area (Å²) in [6.45, 7) is 6.57. The predicted octanol–water partition coefficient (Wildman–Crippen LogP) is 4.17. The molecule has 0 aliphatic rings. The van der Waals surface area contributed by atoms with Crippen LogP contribution in [0.3, 0.4) is 0 Å². The van der Waals surface area contributed by atoms with Gasteiger partial charge in [-0.15, -0.1) is 0 Å². The Hall–Kier alpha value is -2.36. The molecule has 0 unspecified atom stereocenters. The van der Waals surface area contributed by atoms with Gasteiger partial charge in [-0.25, -0.2) is 4.39 Å². The standard InChI is InChI=1S/C18H21FN2O/c1-18(2,3)13-4-8-16(9-5-13)21-17(22)12-20-15-10-6-14(19)7-11-15/h4-11,20H,12H2,1-3H3,(H,21,22). The average Bonchev–Trinajstić information content (AvgIpc) is 2.46. The SMILES string of the molecule is CC(C)(C)c1ccc(NC(=O)CNc2ccc(F)cc2)cc1. The molecule has 4 heteroatoms. The zero-order valence-corrected chi connectivity index (χ0v) is 13.1. The van der Waals surface area contributed by atoms with Gasteiger partial charge in [0.1, 0.15) is 5.82 Å². The third kappa shape index (κ3) is 4.58. The molecule has 1 amide bonds. The fourth-order valence-electron chi connectivity index (χ4n) is 2.01. The quantitative estimate of drug-likeness (QED) is 0.889. The fraction of sp³-hybridized carbons (Fsp3) is 0.278. The van der Waals surface area contributed by atoms with Crippen molar-refractivity contribution >= 4 is 17.3 Å². The van der Waals surface area contributed by atoms with Gasteiger partial charge in [0, 0.05) is 11.4 Å². The molecule has 2 aromatic carbocycles. The lowest BCUT2D eigenvalue weighted by molar-refractivity contribution is -0.114. The second-order valence-electron chi connectivity index (χ2n) is 6.24. The molecule has 0 aliphatic heterocycles. The summed E-state index contributed by atoms with van der Waals surface area (Å²) in [5.74, 6) is -0.443. The van der Waals surface area contributed by atoms with Gasteiger partial charge in [0.15, 0.2) is 0 Å². The molecule has 0 aromatic heterocycles. The Bertz CT molecular complexity index is 628. The Morgan fingerprint density at radius 2 is 1.50 bits per heavy atom. The Balaban J connectivity index is 1.88. The van der Waals surface area contributed by atoms with E-state index in [1.807, 2.05) is 24.3 Å². The molecule has 3 nitrogen and oxygen atoms in total. The maximum Gasteiger partial charge on any atom is 0.243 e. The Morgan fingerprint density at radius 1 is 0.955 bits per heavy atom. The van der Waals surface area contributed by atoms with Crippen molar-refractivity contribution in [3.05, 3.63) is 59.9 Å². The van der Waals surface area contributed by atoms with Crippen LogP contribution in [0.1, 0.15) is 26.3 Å². The summed E-state index contributed by atoms with van der Waals surface area (Å²) in [6.07, 6.45) is 0. The third-order valence-electron chi connectivity index (χ3n) is 3.33. The van der Waals surface area contributed by atoms with Crippen molar-refractivity contribution in [3.63, 3.8) is 0 Å². The number of halogens is 1. The van der Waals surface area contributed by atoms with Gasteiger partial charge in [0.05, 0.1) is 6.54 Å². The molecule has 0 aliphatic carbocycles. The highest BCUT2D eigenvalue weighted by atomic mass is 19.1. The van der Waals surface area contributed by atoms with Gasteiger partial charge in [-0.3, -0.25) is 4.79 Å². The highest BCUT2D eigenvalue weighted by Gasteiger charge is 2.13. The van der Waals surface area contributed by atoms with Crippen molar-refractivity contribution < 1.29 is 9.18 Å². The van der Waals surface area contributed by atoms with Crippen LogP contribution in [0.4, 0.5) is 15.8 Å². The van der Waals surface area contributed by atoms with Crippen LogP contribution >= 0.6 is 0 Å². The van der Waals surface area contributed by atoms with Crippen LogP contribution in [0.15, 0.2) is 48.5 Å². The van der Waals surface area contributed by atoms with Gasteiger partial charge >= 0.3 is 0 Å². The smallest absolute Gasteiger partial charge is 0.243 e. The first-order valence-corrected chi connectivity index (χ1v) is 7.24. The summed E-state index contributed by atoms with van der Waals surface area (Å²) in [7, 11) is 0. The molecule has 0 spiro atoms. The Kier molecular flexibility index (Phi) is 4.81. The Labute approximate surface area is 130 Å². The predicted molar refractivity (Wildman–Crippen MR) is 88.7 cm³/mol. The second kappa shape index (κ2) is 6.60. The summed E-state index contributed by atoms with van der Waals surface area (Å²) in [5.41, 5.74) is 2.78. The number of hydrogen-bond acceptors (Lipinski definition) is 2. The average molecular weight is 300 g/mol. The maximum atomic E-state index is 12.8. The first kappa shape index (κ1) is 16.0. The van der Waals surface area contributed by atoms with Gasteiger partial charge in [0.25, 0.3) is 0 Å². The molecule has 2 aromatic rings. The maximum absolute atomic E-state index is 12.8. The molecule has 0 atom stereocenters. The lowest BCUT2D eigenvalue weighted by Crippen LogP contribution is -2.21. The molecule has 0 saturated heterocycles. The van der Waals surface area contributed by atoms with E-state index < -0.39 is 0 Å². The number of benzene rings is 2. The summed E-state index contributed by atoms with van der Waals surface area (Å²) < 4.78 is 12.8. The summed E-state index contributed by atoms with van der Waals surface area (Å²) in [6, 6.07) is 13.7. The van der Waals surface area contributed by atoms with Crippen LogP contribution in [0.2, 0.25) is 0 Å². The van der Waals surface area contributed by atoms with E-state index in [1.165, 1.54) is 17.7 Å². The van der Waals surface area contributed by atoms with Crippen LogP contribution in [0, 0.1) is 5.82 Å². The first-order chi connectivity index (χ1) is 10.3. The zero-order chi connectivity index (χ0) is 16.2. The van der Waals surface area contributed by atoms with E-state index in [2.05, 4.69) is 31.4 Å². The van der Waals surface area contributed by atoms with Crippen LogP contribution in [-0.4, -0.2) is 12.5 Å². The van der Waals surface area contributed by atoms with E-state index in [4.69, 9.17) is 0 Å². The largest absolute Gasteiger partial charge is 0.376 e. The van der Waals surface area contributed by atoms with Crippen LogP contribution in [0.25, 0.3) is 0 Å². The molecular weight excluding hydrogens is 279 g/mol. The van der Waals surface area contributed by atoms with Crippen LogP contribution < -0.4 is 10.6 Å². The lowest BCUT2D eigenvalue weighted by Gasteiger charge is -2.19. The normalized spacial score (nSPS) is 11.1. The van der Waals surface area contributed by atoms with Crippen molar-refractivity contribution in [1.29, 1.82) is 0 Å². The molecule has 0 saturated carbocycles. The van der Waals surface area contributed by atoms with E-state index in [1.54, 1.807) is 12.1 Å². The minimum absolute atomic E-state index is 0.0900. The van der Waals surface area contributed by atoms with Crippen LogP contribution in [0.5, 0.6) is 0 Å². The number of anilines is 2. The van der Waals surface area contributed by atoms with E-state index in [9.17, 15) is 9.18 Å². The minimum Gasteiger partial charge on any atom is -0.376 e. The number of carbonyl (C=O) groups is 1. The summed E-state index contributed by atoms with van der Waals surface area (Å²) in [4.78, 5) is 11.9. The van der Waals surface area contributed by atoms with E-state index in [-0.39, 0.29) is 23.7 Å². The topological polar surface area (TPSA) is 41.1 Å². The molecule has 2 rings (SSSR count). The van der Waals surface area contributed by atoms with Gasteiger partial charge in [0.2, 0.25) is 5.91 Å². The summed E-state index contributed by atoms with van der Waals surface area (Å²) >= 11 is 0. The molecule has 0 bridgehead atoms.